The number of Topliss-reactive ketones (excluding diaryl/α,β-unsaturated/α-hetero) is 1. The second-order valence-corrected chi connectivity index (χ2v) is 7.33. The van der Waals surface area contributed by atoms with E-state index in [1.54, 1.807) is 25.3 Å². The Morgan fingerprint density at radius 2 is 1.92 bits per heavy atom. The average Bonchev–Trinajstić information content (AvgIpc) is 2.97. The Kier molecular flexibility index (Phi) is 5.96. The van der Waals surface area contributed by atoms with Crippen LogP contribution in [-0.4, -0.2) is 35.0 Å². The van der Waals surface area contributed by atoms with Crippen LogP contribution < -0.4 is 9.47 Å². The Bertz CT molecular complexity index is 787. The Balaban J connectivity index is 1.54. The molecule has 1 heterocycles. The summed E-state index contributed by atoms with van der Waals surface area (Å²) >= 11 is 1.12. The molecule has 1 aliphatic rings. The van der Waals surface area contributed by atoms with E-state index in [9.17, 15) is 14.7 Å². The molecule has 5 nitrogen and oxygen atoms in total. The SMILES string of the molecule is COc1cccc(C(O)COc2ccc(CC3SC(=O)CC3=O)cc2)c1. The van der Waals surface area contributed by atoms with Crippen LogP contribution in [0.5, 0.6) is 11.5 Å². The van der Waals surface area contributed by atoms with Crippen molar-refractivity contribution >= 4 is 22.7 Å². The third-order valence-electron chi connectivity index (χ3n) is 4.18. The number of methoxy groups -OCH3 is 1. The number of hydrogen-bond donors (Lipinski definition) is 1. The maximum atomic E-state index is 11.7. The second-order valence-electron chi connectivity index (χ2n) is 6.07. The molecule has 0 bridgehead atoms. The minimum absolute atomic E-state index is 0.00161. The molecule has 0 amide bonds. The van der Waals surface area contributed by atoms with Crippen LogP contribution >= 0.6 is 11.8 Å². The van der Waals surface area contributed by atoms with Gasteiger partial charge in [-0.05, 0) is 41.8 Å². The van der Waals surface area contributed by atoms with Crippen LogP contribution in [0.25, 0.3) is 0 Å². The molecule has 2 aromatic carbocycles. The van der Waals surface area contributed by atoms with Crippen molar-refractivity contribution in [1.29, 1.82) is 0 Å². The van der Waals surface area contributed by atoms with Crippen LogP contribution in [0.2, 0.25) is 0 Å². The zero-order valence-corrected chi connectivity index (χ0v) is 15.2. The minimum atomic E-state index is -0.761. The van der Waals surface area contributed by atoms with E-state index in [1.807, 2.05) is 30.3 Å². The first kappa shape index (κ1) is 18.5. The van der Waals surface area contributed by atoms with E-state index in [1.165, 1.54) is 0 Å². The summed E-state index contributed by atoms with van der Waals surface area (Å²) in [4.78, 5) is 23.0. The summed E-state index contributed by atoms with van der Waals surface area (Å²) in [5, 5.41) is 9.92. The van der Waals surface area contributed by atoms with E-state index in [4.69, 9.17) is 9.47 Å². The lowest BCUT2D eigenvalue weighted by Crippen LogP contribution is -2.13. The number of rotatable bonds is 7. The van der Waals surface area contributed by atoms with Gasteiger partial charge in [-0.2, -0.15) is 0 Å². The number of thioether (sulfide) groups is 1. The monoisotopic (exact) mass is 372 g/mol. The summed E-state index contributed by atoms with van der Waals surface area (Å²) in [7, 11) is 1.58. The van der Waals surface area contributed by atoms with Crippen molar-refractivity contribution in [2.75, 3.05) is 13.7 Å². The number of aliphatic hydroxyl groups is 1. The first-order chi connectivity index (χ1) is 12.5. The number of carbonyl (C=O) groups is 2. The normalized spacial score (nSPS) is 18.0. The van der Waals surface area contributed by atoms with E-state index < -0.39 is 6.10 Å². The number of ketones is 1. The highest BCUT2D eigenvalue weighted by molar-refractivity contribution is 8.15. The molecule has 26 heavy (non-hydrogen) atoms. The standard InChI is InChI=1S/C20H20O5S/c1-24-16-4-2-3-14(10-16)18(22)12-25-15-7-5-13(6-8-15)9-19-17(21)11-20(23)26-19/h2-8,10,18-19,22H,9,11-12H2,1H3. The van der Waals surface area contributed by atoms with Crippen LogP contribution in [0.3, 0.4) is 0 Å². The summed E-state index contributed by atoms with van der Waals surface area (Å²) in [5.74, 6) is 1.32. The fourth-order valence-corrected chi connectivity index (χ4v) is 3.77. The van der Waals surface area contributed by atoms with Crippen molar-refractivity contribution < 1.29 is 24.2 Å². The van der Waals surface area contributed by atoms with Crippen molar-refractivity contribution in [3.05, 3.63) is 59.7 Å². The zero-order chi connectivity index (χ0) is 18.5. The molecule has 6 heteroatoms. The molecule has 1 saturated heterocycles. The molecule has 1 aliphatic heterocycles. The summed E-state index contributed by atoms with van der Waals surface area (Å²) < 4.78 is 10.8. The Morgan fingerprint density at radius 1 is 1.15 bits per heavy atom. The van der Waals surface area contributed by atoms with Gasteiger partial charge >= 0.3 is 0 Å². The summed E-state index contributed by atoms with van der Waals surface area (Å²) in [6.45, 7) is 0.123. The predicted octanol–water partition coefficient (Wildman–Crippen LogP) is 2.95. The van der Waals surface area contributed by atoms with Gasteiger partial charge in [-0.25, -0.2) is 0 Å². The van der Waals surface area contributed by atoms with E-state index in [-0.39, 0.29) is 29.2 Å². The largest absolute Gasteiger partial charge is 0.497 e. The van der Waals surface area contributed by atoms with Crippen LogP contribution in [0, 0.1) is 0 Å². The summed E-state index contributed by atoms with van der Waals surface area (Å²) in [6, 6.07) is 14.6. The quantitative estimate of drug-likeness (QED) is 0.754. The van der Waals surface area contributed by atoms with Gasteiger partial charge in [-0.15, -0.1) is 0 Å². The highest BCUT2D eigenvalue weighted by Crippen LogP contribution is 2.28. The Morgan fingerprint density at radius 3 is 2.58 bits per heavy atom. The van der Waals surface area contributed by atoms with Crippen LogP contribution in [0.15, 0.2) is 48.5 Å². The van der Waals surface area contributed by atoms with Gasteiger partial charge in [0.1, 0.15) is 24.2 Å². The molecular formula is C20H20O5S. The van der Waals surface area contributed by atoms with Crippen LogP contribution in [0.4, 0.5) is 0 Å². The average molecular weight is 372 g/mol. The van der Waals surface area contributed by atoms with E-state index in [0.29, 0.717) is 17.9 Å². The first-order valence-electron chi connectivity index (χ1n) is 8.31. The molecule has 1 N–H and O–H groups in total. The molecule has 0 spiro atoms. The lowest BCUT2D eigenvalue weighted by Gasteiger charge is -2.14. The number of aliphatic hydroxyl groups excluding tert-OH is 1. The van der Waals surface area contributed by atoms with Gasteiger partial charge in [0.15, 0.2) is 10.9 Å². The maximum Gasteiger partial charge on any atom is 0.197 e. The molecule has 0 aromatic heterocycles. The van der Waals surface area contributed by atoms with Crippen molar-refractivity contribution in [1.82, 2.24) is 0 Å². The van der Waals surface area contributed by atoms with Gasteiger partial charge in [-0.1, -0.05) is 36.0 Å². The maximum absolute atomic E-state index is 11.7. The summed E-state index contributed by atoms with van der Waals surface area (Å²) in [5.41, 5.74) is 1.70. The number of benzene rings is 2. The zero-order valence-electron chi connectivity index (χ0n) is 14.4. The predicted molar refractivity (Wildman–Crippen MR) is 99.6 cm³/mol. The number of hydrogen-bond acceptors (Lipinski definition) is 6. The van der Waals surface area contributed by atoms with Gasteiger partial charge in [0.2, 0.25) is 0 Å². The van der Waals surface area contributed by atoms with Crippen molar-refractivity contribution in [3.63, 3.8) is 0 Å². The lowest BCUT2D eigenvalue weighted by atomic mass is 10.1. The highest BCUT2D eigenvalue weighted by atomic mass is 32.2. The van der Waals surface area contributed by atoms with Gasteiger partial charge < -0.3 is 14.6 Å². The van der Waals surface area contributed by atoms with Gasteiger partial charge in [-0.3, -0.25) is 9.59 Å². The Hall–Kier alpha value is -2.31. The van der Waals surface area contributed by atoms with E-state index >= 15 is 0 Å². The fraction of sp³-hybridized carbons (Fsp3) is 0.300. The molecule has 0 saturated carbocycles. The minimum Gasteiger partial charge on any atom is -0.497 e. The molecular weight excluding hydrogens is 352 g/mol. The second kappa shape index (κ2) is 8.38. The smallest absolute Gasteiger partial charge is 0.197 e. The van der Waals surface area contributed by atoms with Crippen LogP contribution in [0.1, 0.15) is 23.7 Å². The lowest BCUT2D eigenvalue weighted by molar-refractivity contribution is -0.121. The van der Waals surface area contributed by atoms with Gasteiger partial charge in [0.05, 0.1) is 18.8 Å². The number of carbonyl (C=O) groups excluding carboxylic acids is 2. The molecule has 0 radical (unpaired) electrons. The fourth-order valence-electron chi connectivity index (χ4n) is 2.73. The molecule has 2 atom stereocenters. The third-order valence-corrected chi connectivity index (χ3v) is 5.30. The topological polar surface area (TPSA) is 72.8 Å². The molecule has 2 aromatic rings. The van der Waals surface area contributed by atoms with Gasteiger partial charge in [0.25, 0.3) is 0 Å². The van der Waals surface area contributed by atoms with E-state index in [2.05, 4.69) is 0 Å². The molecule has 1 fully saturated rings. The molecule has 0 aliphatic carbocycles. The molecule has 3 rings (SSSR count). The number of ether oxygens (including phenoxy) is 2. The van der Waals surface area contributed by atoms with Crippen molar-refractivity contribution in [3.8, 4) is 11.5 Å². The van der Waals surface area contributed by atoms with Gasteiger partial charge in [0, 0.05) is 0 Å². The Labute approximate surface area is 156 Å². The molecule has 2 unspecified atom stereocenters. The van der Waals surface area contributed by atoms with Crippen LogP contribution in [-0.2, 0) is 16.0 Å². The summed E-state index contributed by atoms with van der Waals surface area (Å²) in [6.07, 6.45) is -0.177. The third kappa shape index (κ3) is 4.65. The van der Waals surface area contributed by atoms with E-state index in [0.717, 1.165) is 22.9 Å². The highest BCUT2D eigenvalue weighted by Gasteiger charge is 2.31. The van der Waals surface area contributed by atoms with Crippen molar-refractivity contribution in [2.45, 2.75) is 24.2 Å². The van der Waals surface area contributed by atoms with Crippen molar-refractivity contribution in [2.24, 2.45) is 0 Å². The molecule has 136 valence electrons. The first-order valence-corrected chi connectivity index (χ1v) is 9.19.